The number of carbonyl (C=O) groups is 2. The molecule has 0 saturated heterocycles. The van der Waals surface area contributed by atoms with Crippen molar-refractivity contribution < 1.29 is 9.59 Å². The Kier molecular flexibility index (Phi) is 4.28. The Morgan fingerprint density at radius 2 is 2.15 bits per heavy atom. The fourth-order valence-electron chi connectivity index (χ4n) is 3.21. The maximum absolute atomic E-state index is 12.5. The molecule has 0 unspecified atom stereocenters. The lowest BCUT2D eigenvalue weighted by Gasteiger charge is -2.27. The summed E-state index contributed by atoms with van der Waals surface area (Å²) in [6.45, 7) is 3.53. The van der Waals surface area contributed by atoms with Crippen molar-refractivity contribution in [1.29, 1.82) is 0 Å². The molecule has 0 fully saturated rings. The van der Waals surface area contributed by atoms with E-state index in [1.807, 2.05) is 30.0 Å². The second-order valence-corrected chi connectivity index (χ2v) is 6.68. The first-order valence-corrected chi connectivity index (χ1v) is 8.61. The van der Waals surface area contributed by atoms with Gasteiger partial charge in [-0.25, -0.2) is 9.50 Å². The van der Waals surface area contributed by atoms with E-state index in [2.05, 4.69) is 20.4 Å². The minimum absolute atomic E-state index is 0.0566. The van der Waals surface area contributed by atoms with E-state index in [4.69, 9.17) is 5.73 Å². The summed E-state index contributed by atoms with van der Waals surface area (Å²) < 4.78 is 1.48. The largest absolute Gasteiger partial charge is 0.369 e. The predicted molar refractivity (Wildman–Crippen MR) is 98.1 cm³/mol. The molecule has 0 aliphatic carbocycles. The molecule has 1 aromatic carbocycles. The summed E-state index contributed by atoms with van der Waals surface area (Å²) in [5.41, 5.74) is 9.14. The zero-order valence-corrected chi connectivity index (χ0v) is 14.8. The van der Waals surface area contributed by atoms with Crippen molar-refractivity contribution in [1.82, 2.24) is 24.5 Å². The number of nitrogens with one attached hydrogen (secondary N) is 1. The average molecular weight is 365 g/mol. The zero-order chi connectivity index (χ0) is 19.0. The molecule has 3 N–H and O–H groups in total. The first-order valence-electron chi connectivity index (χ1n) is 8.61. The number of hydrogen-bond donors (Lipinski definition) is 2. The van der Waals surface area contributed by atoms with E-state index < -0.39 is 5.91 Å². The summed E-state index contributed by atoms with van der Waals surface area (Å²) in [7, 11) is 0. The maximum atomic E-state index is 12.5. The van der Waals surface area contributed by atoms with E-state index in [1.165, 1.54) is 10.1 Å². The summed E-state index contributed by atoms with van der Waals surface area (Å²) in [5.74, 6) is -0.313. The van der Waals surface area contributed by atoms with Gasteiger partial charge < -0.3 is 11.1 Å². The number of hydrogen-bond acceptors (Lipinski definition) is 6. The van der Waals surface area contributed by atoms with Crippen LogP contribution in [0.4, 0.5) is 5.69 Å². The van der Waals surface area contributed by atoms with Crippen LogP contribution in [0.5, 0.6) is 0 Å². The highest BCUT2D eigenvalue weighted by Crippen LogP contribution is 2.22. The van der Waals surface area contributed by atoms with Crippen molar-refractivity contribution in [2.75, 3.05) is 18.4 Å². The summed E-state index contributed by atoms with van der Waals surface area (Å²) in [5, 5.41) is 7.00. The van der Waals surface area contributed by atoms with Gasteiger partial charge in [0.25, 0.3) is 11.7 Å². The fraction of sp³-hybridized carbons (Fsp3) is 0.278. The molecule has 4 rings (SSSR count). The molecule has 0 bridgehead atoms. The summed E-state index contributed by atoms with van der Waals surface area (Å²) in [6.07, 6.45) is 4.28. The molecule has 1 aliphatic rings. The predicted octanol–water partition coefficient (Wildman–Crippen LogP) is 0.528. The third-order valence-electron chi connectivity index (χ3n) is 4.46. The molecule has 1 aliphatic heterocycles. The monoisotopic (exact) mass is 365 g/mol. The maximum Gasteiger partial charge on any atom is 0.295 e. The number of carbonyl (C=O) groups excluding carboxylic acids is 2. The van der Waals surface area contributed by atoms with Gasteiger partial charge in [0.15, 0.2) is 0 Å². The topological polar surface area (TPSA) is 119 Å². The van der Waals surface area contributed by atoms with Crippen LogP contribution in [0.1, 0.15) is 27.3 Å². The van der Waals surface area contributed by atoms with Crippen LogP contribution in [-0.2, 0) is 17.8 Å². The second-order valence-electron chi connectivity index (χ2n) is 6.68. The van der Waals surface area contributed by atoms with E-state index in [1.54, 1.807) is 12.4 Å². The van der Waals surface area contributed by atoms with Crippen molar-refractivity contribution in [3.8, 4) is 0 Å². The fourth-order valence-corrected chi connectivity index (χ4v) is 3.21. The SMILES string of the molecule is Cc1cnc2nc(C(=O)Nc3ccc4c(c3)CN(CC(N)=O)CC4)nn2c1. The molecule has 9 nitrogen and oxygen atoms in total. The highest BCUT2D eigenvalue weighted by atomic mass is 16.2. The Morgan fingerprint density at radius 3 is 2.96 bits per heavy atom. The highest BCUT2D eigenvalue weighted by Gasteiger charge is 2.19. The van der Waals surface area contributed by atoms with Crippen LogP contribution in [-0.4, -0.2) is 49.4 Å². The first-order chi connectivity index (χ1) is 13.0. The number of aromatic nitrogens is 4. The molecule has 138 valence electrons. The smallest absolute Gasteiger partial charge is 0.295 e. The first kappa shape index (κ1) is 17.1. The number of amides is 2. The van der Waals surface area contributed by atoms with E-state index in [9.17, 15) is 9.59 Å². The zero-order valence-electron chi connectivity index (χ0n) is 14.8. The number of nitrogens with two attached hydrogens (primary N) is 1. The lowest BCUT2D eigenvalue weighted by atomic mass is 9.99. The van der Waals surface area contributed by atoms with Crippen molar-refractivity contribution in [2.24, 2.45) is 5.73 Å². The normalized spacial score (nSPS) is 14.1. The highest BCUT2D eigenvalue weighted by molar-refractivity contribution is 6.01. The molecular formula is C18H19N7O2. The molecular weight excluding hydrogens is 346 g/mol. The minimum Gasteiger partial charge on any atom is -0.369 e. The standard InChI is InChI=1S/C18H19N7O2/c1-11-7-20-18-22-16(23-25(18)8-11)17(27)21-14-3-2-12-4-5-24(10-15(19)26)9-13(12)6-14/h2-3,6-8H,4-5,9-10H2,1H3,(H2,19,26)(H,21,27). The number of anilines is 1. The van der Waals surface area contributed by atoms with Gasteiger partial charge in [-0.15, -0.1) is 5.10 Å². The van der Waals surface area contributed by atoms with Gasteiger partial charge in [-0.1, -0.05) is 6.07 Å². The molecule has 27 heavy (non-hydrogen) atoms. The quantitative estimate of drug-likeness (QED) is 0.696. The van der Waals surface area contributed by atoms with Gasteiger partial charge in [0.05, 0.1) is 6.54 Å². The lowest BCUT2D eigenvalue weighted by molar-refractivity contribution is -0.119. The van der Waals surface area contributed by atoms with Crippen LogP contribution >= 0.6 is 0 Å². The number of benzene rings is 1. The van der Waals surface area contributed by atoms with Crippen molar-refractivity contribution in [2.45, 2.75) is 19.9 Å². The van der Waals surface area contributed by atoms with Gasteiger partial charge in [-0.05, 0) is 42.2 Å². The Balaban J connectivity index is 1.52. The van der Waals surface area contributed by atoms with Gasteiger partial charge in [0.2, 0.25) is 11.7 Å². The lowest BCUT2D eigenvalue weighted by Crippen LogP contribution is -2.37. The van der Waals surface area contributed by atoms with Gasteiger partial charge in [-0.2, -0.15) is 4.98 Å². The van der Waals surface area contributed by atoms with Crippen LogP contribution in [0, 0.1) is 6.92 Å². The van der Waals surface area contributed by atoms with E-state index in [-0.39, 0.29) is 18.3 Å². The van der Waals surface area contributed by atoms with Gasteiger partial charge in [0.1, 0.15) is 0 Å². The van der Waals surface area contributed by atoms with Crippen molar-refractivity contribution >= 4 is 23.3 Å². The molecule has 0 spiro atoms. The third kappa shape index (κ3) is 3.63. The average Bonchev–Trinajstić information content (AvgIpc) is 3.04. The Morgan fingerprint density at radius 1 is 1.30 bits per heavy atom. The van der Waals surface area contributed by atoms with Gasteiger partial charge in [-0.3, -0.25) is 14.5 Å². The van der Waals surface area contributed by atoms with Gasteiger partial charge >= 0.3 is 0 Å². The molecule has 0 radical (unpaired) electrons. The molecule has 9 heteroatoms. The number of nitrogens with zero attached hydrogens (tertiary/aromatic N) is 5. The van der Waals surface area contributed by atoms with Crippen molar-refractivity contribution in [3.63, 3.8) is 0 Å². The van der Waals surface area contributed by atoms with Crippen molar-refractivity contribution in [3.05, 3.63) is 53.1 Å². The Labute approximate surface area is 155 Å². The van der Waals surface area contributed by atoms with Crippen LogP contribution in [0.15, 0.2) is 30.6 Å². The van der Waals surface area contributed by atoms with Crippen LogP contribution < -0.4 is 11.1 Å². The third-order valence-corrected chi connectivity index (χ3v) is 4.46. The van der Waals surface area contributed by atoms with Crippen LogP contribution in [0.3, 0.4) is 0 Å². The van der Waals surface area contributed by atoms with E-state index in [0.717, 1.165) is 24.1 Å². The molecule has 2 amide bonds. The Bertz CT molecular complexity index is 1040. The van der Waals surface area contributed by atoms with Crippen LogP contribution in [0.25, 0.3) is 5.78 Å². The minimum atomic E-state index is -0.400. The Hall–Kier alpha value is -3.33. The molecule has 0 atom stereocenters. The number of rotatable bonds is 4. The number of aryl methyl sites for hydroxylation is 1. The van der Waals surface area contributed by atoms with E-state index in [0.29, 0.717) is 18.0 Å². The van der Waals surface area contributed by atoms with E-state index >= 15 is 0 Å². The van der Waals surface area contributed by atoms with Gasteiger partial charge in [0, 0.05) is 31.2 Å². The molecule has 3 aromatic rings. The summed E-state index contributed by atoms with van der Waals surface area (Å²) in [6, 6.07) is 5.77. The molecule has 2 aromatic heterocycles. The second kappa shape index (κ2) is 6.76. The molecule has 3 heterocycles. The number of primary amides is 1. The number of fused-ring (bicyclic) bond motifs is 2. The summed E-state index contributed by atoms with van der Waals surface area (Å²) in [4.78, 5) is 33.9. The molecule has 0 saturated carbocycles. The van der Waals surface area contributed by atoms with Crippen LogP contribution in [0.2, 0.25) is 0 Å². The summed E-state index contributed by atoms with van der Waals surface area (Å²) >= 11 is 0.